The van der Waals surface area contributed by atoms with Gasteiger partial charge in [0.2, 0.25) is 15.9 Å². The van der Waals surface area contributed by atoms with E-state index in [-0.39, 0.29) is 49.1 Å². The number of hydrogen-bond acceptors (Lipinski definition) is 6. The lowest BCUT2D eigenvalue weighted by molar-refractivity contribution is -0.384. The first-order chi connectivity index (χ1) is 13.8. The topological polar surface area (TPSA) is 125 Å². The molecule has 0 spiro atoms. The molecule has 29 heavy (non-hydrogen) atoms. The number of non-ortho nitro benzene ring substituents is 1. The number of hydrogen-bond donors (Lipinski definition) is 0. The predicted octanol–water partition coefficient (Wildman–Crippen LogP) is 1.54. The Morgan fingerprint density at radius 1 is 1.03 bits per heavy atom. The second-order valence-electron chi connectivity index (χ2n) is 6.52. The zero-order valence-electron chi connectivity index (χ0n) is 15.4. The van der Waals surface area contributed by atoms with Gasteiger partial charge in [0.25, 0.3) is 5.69 Å². The van der Waals surface area contributed by atoms with Crippen LogP contribution in [-0.2, 0) is 21.2 Å². The van der Waals surface area contributed by atoms with Crippen LogP contribution < -0.4 is 0 Å². The van der Waals surface area contributed by atoms with Gasteiger partial charge in [-0.25, -0.2) is 8.42 Å². The van der Waals surface area contributed by atoms with E-state index in [1.165, 1.54) is 40.7 Å². The minimum atomic E-state index is -3.69. The summed E-state index contributed by atoms with van der Waals surface area (Å²) in [7, 11) is -3.69. The predicted molar refractivity (Wildman–Crippen MR) is 103 cm³/mol. The fraction of sp³-hybridized carbons (Fsp3) is 0.263. The van der Waals surface area contributed by atoms with E-state index in [2.05, 4.69) is 0 Å². The number of nitrogens with zero attached hydrogens (tertiary/aromatic N) is 4. The number of nitro benzene ring substituents is 1. The molecule has 0 bridgehead atoms. The van der Waals surface area contributed by atoms with Gasteiger partial charge in [-0.05, 0) is 29.8 Å². The van der Waals surface area contributed by atoms with Crippen LogP contribution >= 0.6 is 0 Å². The lowest BCUT2D eigenvalue weighted by Crippen LogP contribution is -2.50. The molecule has 0 saturated carbocycles. The van der Waals surface area contributed by atoms with Crippen molar-refractivity contribution in [1.82, 2.24) is 9.21 Å². The average Bonchev–Trinajstić information content (AvgIpc) is 2.74. The van der Waals surface area contributed by atoms with E-state index >= 15 is 0 Å². The molecule has 2 aromatic carbocycles. The summed E-state index contributed by atoms with van der Waals surface area (Å²) in [6.07, 6.45) is 0.0976. The Kier molecular flexibility index (Phi) is 5.91. The number of amides is 1. The number of carbonyl (C=O) groups is 1. The molecule has 0 aliphatic carbocycles. The second kappa shape index (κ2) is 8.38. The van der Waals surface area contributed by atoms with Crippen LogP contribution in [0.2, 0.25) is 0 Å². The van der Waals surface area contributed by atoms with E-state index in [9.17, 15) is 23.3 Å². The molecule has 3 rings (SSSR count). The molecule has 1 fully saturated rings. The lowest BCUT2D eigenvalue weighted by Gasteiger charge is -2.34. The summed E-state index contributed by atoms with van der Waals surface area (Å²) < 4.78 is 26.8. The van der Waals surface area contributed by atoms with E-state index in [1.54, 1.807) is 17.0 Å². The number of benzene rings is 2. The van der Waals surface area contributed by atoms with Crippen LogP contribution in [0, 0.1) is 21.4 Å². The highest BCUT2D eigenvalue weighted by atomic mass is 32.2. The third kappa shape index (κ3) is 4.59. The largest absolute Gasteiger partial charge is 0.340 e. The minimum Gasteiger partial charge on any atom is -0.340 e. The number of carbonyl (C=O) groups excluding carboxylic acids is 1. The lowest BCUT2D eigenvalue weighted by atomic mass is 10.1. The first-order valence-electron chi connectivity index (χ1n) is 8.82. The van der Waals surface area contributed by atoms with Crippen molar-refractivity contribution >= 4 is 21.6 Å². The number of rotatable bonds is 5. The van der Waals surface area contributed by atoms with Crippen molar-refractivity contribution in [3.63, 3.8) is 0 Å². The number of piperazine rings is 1. The molecule has 1 aliphatic rings. The Morgan fingerprint density at radius 2 is 1.62 bits per heavy atom. The molecule has 1 amide bonds. The Labute approximate surface area is 168 Å². The number of nitriles is 1. The molecule has 9 nitrogen and oxygen atoms in total. The molecule has 2 aromatic rings. The molecular formula is C19H18N4O5S. The molecule has 0 aromatic heterocycles. The highest BCUT2D eigenvalue weighted by molar-refractivity contribution is 7.89. The van der Waals surface area contributed by atoms with Crippen molar-refractivity contribution in [3.05, 3.63) is 69.8 Å². The van der Waals surface area contributed by atoms with E-state index in [0.29, 0.717) is 11.1 Å². The maximum Gasteiger partial charge on any atom is 0.269 e. The van der Waals surface area contributed by atoms with Crippen LogP contribution in [0.3, 0.4) is 0 Å². The maximum absolute atomic E-state index is 12.7. The molecule has 1 aliphatic heterocycles. The van der Waals surface area contributed by atoms with Gasteiger partial charge in [0.05, 0.1) is 27.9 Å². The standard InChI is InChI=1S/C19H18N4O5S/c20-14-16-3-7-18(8-4-16)29(27,28)22-11-9-21(10-12-22)19(24)13-15-1-5-17(6-2-15)23(25)26/h1-8H,9-13H2. The van der Waals surface area contributed by atoms with Crippen LogP contribution in [0.15, 0.2) is 53.4 Å². The van der Waals surface area contributed by atoms with Crippen molar-refractivity contribution in [2.24, 2.45) is 0 Å². The van der Waals surface area contributed by atoms with Gasteiger partial charge in [-0.2, -0.15) is 9.57 Å². The van der Waals surface area contributed by atoms with Crippen LogP contribution in [0.5, 0.6) is 0 Å². The summed E-state index contributed by atoms with van der Waals surface area (Å²) in [5.74, 6) is -0.158. The third-order valence-corrected chi connectivity index (χ3v) is 6.63. The van der Waals surface area contributed by atoms with Gasteiger partial charge in [-0.3, -0.25) is 14.9 Å². The summed E-state index contributed by atoms with van der Waals surface area (Å²) in [5.41, 5.74) is 1.00. The Bertz CT molecular complexity index is 1050. The van der Waals surface area contributed by atoms with Gasteiger partial charge in [-0.1, -0.05) is 12.1 Å². The first kappa shape index (κ1) is 20.4. The van der Waals surface area contributed by atoms with Gasteiger partial charge in [0.1, 0.15) is 0 Å². The minimum absolute atomic E-state index is 0.0391. The maximum atomic E-state index is 12.7. The Balaban J connectivity index is 1.59. The monoisotopic (exact) mass is 414 g/mol. The molecule has 0 unspecified atom stereocenters. The van der Waals surface area contributed by atoms with E-state index < -0.39 is 14.9 Å². The summed E-state index contributed by atoms with van der Waals surface area (Å²) in [6.45, 7) is 0.880. The molecule has 10 heteroatoms. The van der Waals surface area contributed by atoms with Crippen molar-refractivity contribution in [2.45, 2.75) is 11.3 Å². The zero-order valence-corrected chi connectivity index (χ0v) is 16.2. The number of sulfonamides is 1. The highest BCUT2D eigenvalue weighted by Crippen LogP contribution is 2.19. The molecule has 0 N–H and O–H groups in total. The van der Waals surface area contributed by atoms with Crippen molar-refractivity contribution in [1.29, 1.82) is 5.26 Å². The van der Waals surface area contributed by atoms with Crippen molar-refractivity contribution < 1.29 is 18.1 Å². The van der Waals surface area contributed by atoms with E-state index in [1.807, 2.05) is 6.07 Å². The SMILES string of the molecule is N#Cc1ccc(S(=O)(=O)N2CCN(C(=O)Cc3ccc([N+](=O)[O-])cc3)CC2)cc1. The quantitative estimate of drug-likeness (QED) is 0.540. The van der Waals surface area contributed by atoms with Crippen LogP contribution in [-0.4, -0.2) is 54.6 Å². The fourth-order valence-corrected chi connectivity index (χ4v) is 4.47. The average molecular weight is 414 g/mol. The highest BCUT2D eigenvalue weighted by Gasteiger charge is 2.30. The summed E-state index contributed by atoms with van der Waals surface area (Å²) in [5, 5.41) is 19.5. The second-order valence-corrected chi connectivity index (χ2v) is 8.46. The summed E-state index contributed by atoms with van der Waals surface area (Å²) in [6, 6.07) is 13.5. The Morgan fingerprint density at radius 3 is 2.14 bits per heavy atom. The van der Waals surface area contributed by atoms with E-state index in [4.69, 9.17) is 5.26 Å². The number of nitro groups is 1. The van der Waals surface area contributed by atoms with Crippen LogP contribution in [0.1, 0.15) is 11.1 Å². The van der Waals surface area contributed by atoms with Gasteiger partial charge < -0.3 is 4.90 Å². The zero-order chi connectivity index (χ0) is 21.0. The van der Waals surface area contributed by atoms with Crippen LogP contribution in [0.25, 0.3) is 0 Å². The Hall–Kier alpha value is -3.29. The molecule has 1 saturated heterocycles. The van der Waals surface area contributed by atoms with Crippen molar-refractivity contribution in [2.75, 3.05) is 26.2 Å². The molecular weight excluding hydrogens is 396 g/mol. The van der Waals surface area contributed by atoms with Gasteiger partial charge in [-0.15, -0.1) is 0 Å². The third-order valence-electron chi connectivity index (χ3n) is 4.72. The van der Waals surface area contributed by atoms with Gasteiger partial charge in [0, 0.05) is 38.3 Å². The molecule has 150 valence electrons. The normalized spacial score (nSPS) is 14.9. The van der Waals surface area contributed by atoms with Gasteiger partial charge >= 0.3 is 0 Å². The molecule has 0 radical (unpaired) electrons. The molecule has 0 atom stereocenters. The van der Waals surface area contributed by atoms with Crippen LogP contribution in [0.4, 0.5) is 5.69 Å². The smallest absolute Gasteiger partial charge is 0.269 e. The fourth-order valence-electron chi connectivity index (χ4n) is 3.05. The first-order valence-corrected chi connectivity index (χ1v) is 10.3. The van der Waals surface area contributed by atoms with Crippen molar-refractivity contribution in [3.8, 4) is 6.07 Å². The van der Waals surface area contributed by atoms with Gasteiger partial charge in [0.15, 0.2) is 0 Å². The van der Waals surface area contributed by atoms with E-state index in [0.717, 1.165) is 0 Å². The summed E-state index contributed by atoms with van der Waals surface area (Å²) in [4.78, 5) is 24.4. The molecule has 1 heterocycles. The summed E-state index contributed by atoms with van der Waals surface area (Å²) >= 11 is 0.